The summed E-state index contributed by atoms with van der Waals surface area (Å²) in [6.07, 6.45) is 1.74. The normalized spacial score (nSPS) is 10.3. The summed E-state index contributed by atoms with van der Waals surface area (Å²) >= 11 is 1.63. The standard InChI is InChI=1S/C7H6N2OS/c1-10-7-5-2-3-11-6(5)4-8-9-7/h2-4H,1H3. The van der Waals surface area contributed by atoms with Gasteiger partial charge in [-0.05, 0) is 11.4 Å². The van der Waals surface area contributed by atoms with Crippen LogP contribution in [0.2, 0.25) is 0 Å². The van der Waals surface area contributed by atoms with E-state index >= 15 is 0 Å². The minimum atomic E-state index is 0.601. The number of nitrogens with zero attached hydrogens (tertiary/aromatic N) is 2. The minimum Gasteiger partial charge on any atom is -0.479 e. The molecule has 3 nitrogen and oxygen atoms in total. The molecule has 2 aromatic heterocycles. The SMILES string of the molecule is COc1nncc2sccc12. The Morgan fingerprint density at radius 2 is 2.45 bits per heavy atom. The van der Waals surface area contributed by atoms with Gasteiger partial charge >= 0.3 is 0 Å². The van der Waals surface area contributed by atoms with Crippen molar-refractivity contribution in [2.24, 2.45) is 0 Å². The molecular formula is C7H6N2OS. The molecule has 0 fully saturated rings. The minimum absolute atomic E-state index is 0.601. The molecule has 56 valence electrons. The van der Waals surface area contributed by atoms with Gasteiger partial charge in [0.15, 0.2) is 0 Å². The maximum absolute atomic E-state index is 5.02. The van der Waals surface area contributed by atoms with Crippen molar-refractivity contribution < 1.29 is 4.74 Å². The van der Waals surface area contributed by atoms with Crippen LogP contribution in [0.4, 0.5) is 0 Å². The first-order chi connectivity index (χ1) is 5.42. The molecular weight excluding hydrogens is 160 g/mol. The number of aromatic nitrogens is 2. The second-order valence-corrected chi connectivity index (χ2v) is 3.00. The number of ether oxygens (including phenoxy) is 1. The Labute approximate surface area is 67.6 Å². The Bertz CT molecular complexity index is 371. The number of methoxy groups -OCH3 is 1. The lowest BCUT2D eigenvalue weighted by molar-refractivity contribution is 0.398. The highest BCUT2D eigenvalue weighted by Gasteiger charge is 2.02. The van der Waals surface area contributed by atoms with Crippen LogP contribution in [-0.4, -0.2) is 17.3 Å². The third-order valence-corrected chi connectivity index (χ3v) is 2.29. The fourth-order valence-corrected chi connectivity index (χ4v) is 1.68. The highest BCUT2D eigenvalue weighted by molar-refractivity contribution is 7.17. The number of thiophene rings is 1. The molecule has 11 heavy (non-hydrogen) atoms. The summed E-state index contributed by atoms with van der Waals surface area (Å²) in [5.41, 5.74) is 0. The molecule has 0 saturated heterocycles. The molecule has 0 spiro atoms. The Hall–Kier alpha value is -1.16. The molecule has 0 radical (unpaired) electrons. The summed E-state index contributed by atoms with van der Waals surface area (Å²) in [4.78, 5) is 0. The number of rotatable bonds is 1. The van der Waals surface area contributed by atoms with E-state index in [2.05, 4.69) is 10.2 Å². The van der Waals surface area contributed by atoms with Crippen molar-refractivity contribution in [2.75, 3.05) is 7.11 Å². The number of hydrogen-bond donors (Lipinski definition) is 0. The van der Waals surface area contributed by atoms with E-state index in [1.54, 1.807) is 24.6 Å². The zero-order valence-corrected chi connectivity index (χ0v) is 6.76. The molecule has 0 aliphatic carbocycles. The molecule has 0 aliphatic rings. The maximum Gasteiger partial charge on any atom is 0.241 e. The molecule has 0 N–H and O–H groups in total. The van der Waals surface area contributed by atoms with Crippen LogP contribution in [0.5, 0.6) is 5.88 Å². The van der Waals surface area contributed by atoms with E-state index in [9.17, 15) is 0 Å². The van der Waals surface area contributed by atoms with Gasteiger partial charge in [-0.15, -0.1) is 16.4 Å². The first-order valence-electron chi connectivity index (χ1n) is 3.14. The van der Waals surface area contributed by atoms with Crippen molar-refractivity contribution in [1.29, 1.82) is 0 Å². The van der Waals surface area contributed by atoms with E-state index < -0.39 is 0 Å². The molecule has 4 heteroatoms. The van der Waals surface area contributed by atoms with Crippen molar-refractivity contribution in [1.82, 2.24) is 10.2 Å². The van der Waals surface area contributed by atoms with E-state index in [0.29, 0.717) is 5.88 Å². The van der Waals surface area contributed by atoms with Gasteiger partial charge < -0.3 is 4.74 Å². The monoisotopic (exact) mass is 166 g/mol. The van der Waals surface area contributed by atoms with Crippen LogP contribution in [-0.2, 0) is 0 Å². The van der Waals surface area contributed by atoms with Gasteiger partial charge in [0.1, 0.15) is 0 Å². The first kappa shape index (κ1) is 6.54. The zero-order valence-electron chi connectivity index (χ0n) is 5.94. The van der Waals surface area contributed by atoms with E-state index in [0.717, 1.165) is 10.1 Å². The summed E-state index contributed by atoms with van der Waals surface area (Å²) in [6.45, 7) is 0. The lowest BCUT2D eigenvalue weighted by Crippen LogP contribution is -1.88. The van der Waals surface area contributed by atoms with Gasteiger partial charge in [0, 0.05) is 0 Å². The topological polar surface area (TPSA) is 35.0 Å². The van der Waals surface area contributed by atoms with Crippen molar-refractivity contribution in [3.05, 3.63) is 17.6 Å². The van der Waals surface area contributed by atoms with Gasteiger partial charge in [-0.3, -0.25) is 0 Å². The van der Waals surface area contributed by atoms with Crippen LogP contribution in [0, 0.1) is 0 Å². The summed E-state index contributed by atoms with van der Waals surface area (Å²) in [5.74, 6) is 0.601. The van der Waals surface area contributed by atoms with Crippen LogP contribution in [0.3, 0.4) is 0 Å². The molecule has 0 saturated carbocycles. The van der Waals surface area contributed by atoms with Crippen LogP contribution >= 0.6 is 11.3 Å². The maximum atomic E-state index is 5.02. The molecule has 0 atom stereocenters. The molecule has 2 heterocycles. The number of fused-ring (bicyclic) bond motifs is 1. The van der Waals surface area contributed by atoms with Gasteiger partial charge in [0.05, 0.1) is 23.4 Å². The van der Waals surface area contributed by atoms with Gasteiger partial charge in [0.2, 0.25) is 5.88 Å². The Balaban J connectivity index is 2.79. The van der Waals surface area contributed by atoms with Gasteiger partial charge in [-0.25, -0.2) is 0 Å². The van der Waals surface area contributed by atoms with Crippen molar-refractivity contribution in [3.63, 3.8) is 0 Å². The smallest absolute Gasteiger partial charge is 0.241 e. The van der Waals surface area contributed by atoms with Crippen molar-refractivity contribution in [3.8, 4) is 5.88 Å². The fraction of sp³-hybridized carbons (Fsp3) is 0.143. The first-order valence-corrected chi connectivity index (χ1v) is 4.02. The second-order valence-electron chi connectivity index (χ2n) is 2.05. The van der Waals surface area contributed by atoms with Crippen LogP contribution in [0.25, 0.3) is 10.1 Å². The molecule has 2 aromatic rings. The molecule has 0 aromatic carbocycles. The zero-order chi connectivity index (χ0) is 7.68. The van der Waals surface area contributed by atoms with E-state index in [4.69, 9.17) is 4.74 Å². The summed E-state index contributed by atoms with van der Waals surface area (Å²) in [6, 6.07) is 1.98. The molecule has 0 amide bonds. The highest BCUT2D eigenvalue weighted by atomic mass is 32.1. The van der Waals surface area contributed by atoms with Crippen LogP contribution in [0.1, 0.15) is 0 Å². The quantitative estimate of drug-likeness (QED) is 0.646. The molecule has 2 rings (SSSR count). The molecule has 0 unspecified atom stereocenters. The van der Waals surface area contributed by atoms with Crippen LogP contribution < -0.4 is 4.74 Å². The fourth-order valence-electron chi connectivity index (χ4n) is 0.936. The second kappa shape index (κ2) is 2.47. The van der Waals surface area contributed by atoms with Gasteiger partial charge in [-0.1, -0.05) is 0 Å². The summed E-state index contributed by atoms with van der Waals surface area (Å²) in [7, 11) is 1.60. The Morgan fingerprint density at radius 1 is 1.55 bits per heavy atom. The van der Waals surface area contributed by atoms with E-state index in [-0.39, 0.29) is 0 Å². The predicted molar refractivity (Wildman–Crippen MR) is 44.0 cm³/mol. The van der Waals surface area contributed by atoms with Crippen molar-refractivity contribution >= 4 is 21.4 Å². The molecule has 0 bridgehead atoms. The lowest BCUT2D eigenvalue weighted by Gasteiger charge is -1.96. The Kier molecular flexibility index (Phi) is 1.47. The van der Waals surface area contributed by atoms with E-state index in [1.807, 2.05) is 11.4 Å². The lowest BCUT2D eigenvalue weighted by atomic mass is 10.4. The van der Waals surface area contributed by atoms with Gasteiger partial charge in [-0.2, -0.15) is 5.10 Å². The van der Waals surface area contributed by atoms with Gasteiger partial charge in [0.25, 0.3) is 0 Å². The Morgan fingerprint density at radius 3 is 3.27 bits per heavy atom. The average molecular weight is 166 g/mol. The molecule has 0 aliphatic heterocycles. The highest BCUT2D eigenvalue weighted by Crippen LogP contribution is 2.25. The summed E-state index contributed by atoms with van der Waals surface area (Å²) in [5, 5.41) is 10.7. The van der Waals surface area contributed by atoms with Crippen LogP contribution in [0.15, 0.2) is 17.6 Å². The predicted octanol–water partition coefficient (Wildman–Crippen LogP) is 1.70. The largest absolute Gasteiger partial charge is 0.479 e. The third-order valence-electron chi connectivity index (χ3n) is 1.44. The number of hydrogen-bond acceptors (Lipinski definition) is 4. The van der Waals surface area contributed by atoms with E-state index in [1.165, 1.54) is 0 Å². The summed E-state index contributed by atoms with van der Waals surface area (Å²) < 4.78 is 6.13. The van der Waals surface area contributed by atoms with Crippen molar-refractivity contribution in [2.45, 2.75) is 0 Å². The third kappa shape index (κ3) is 0.952. The average Bonchev–Trinajstić information content (AvgIpc) is 2.50.